The Morgan fingerprint density at radius 3 is 2.71 bits per heavy atom. The molecule has 1 aliphatic carbocycles. The number of hydrogen-bond acceptors (Lipinski definition) is 11. The number of aliphatic hydroxyl groups is 3. The lowest BCUT2D eigenvalue weighted by Crippen LogP contribution is -2.45. The number of aliphatic hydroxyl groups excluding tert-OH is 3. The summed E-state index contributed by atoms with van der Waals surface area (Å²) in [4.78, 5) is 16.7. The van der Waals surface area contributed by atoms with Gasteiger partial charge in [0.1, 0.15) is 18.5 Å². The van der Waals surface area contributed by atoms with E-state index in [1.807, 2.05) is 12.2 Å². The van der Waals surface area contributed by atoms with E-state index in [-0.39, 0.29) is 31.1 Å². The Bertz CT molecular complexity index is 1020. The second-order valence-corrected chi connectivity index (χ2v) is 10.3. The number of benzene rings is 1. The lowest BCUT2D eigenvalue weighted by Gasteiger charge is -2.35. The minimum atomic E-state index is -4.50. The first-order valence-electron chi connectivity index (χ1n) is 14.0. The second-order valence-electron chi connectivity index (χ2n) is 10.3. The number of hydrogen-bond donors (Lipinski definition) is 4. The monoisotopic (exact) mass is 602 g/mol. The van der Waals surface area contributed by atoms with Crippen LogP contribution in [-0.4, -0.2) is 76.4 Å². The number of hydrazine groups is 2. The summed E-state index contributed by atoms with van der Waals surface area (Å²) in [7, 11) is 0. The molecule has 2 aliphatic rings. The molecule has 4 N–H and O–H groups in total. The highest BCUT2D eigenvalue weighted by atomic mass is 19.4. The smallest absolute Gasteiger partial charge is 0.416 e. The lowest BCUT2D eigenvalue weighted by molar-refractivity contribution is -0.203. The fourth-order valence-electron chi connectivity index (χ4n) is 4.89. The van der Waals surface area contributed by atoms with Crippen LogP contribution in [0.4, 0.5) is 13.2 Å². The van der Waals surface area contributed by atoms with Gasteiger partial charge in [0, 0.05) is 31.8 Å². The van der Waals surface area contributed by atoms with E-state index in [2.05, 4.69) is 5.59 Å². The SMILES string of the molecule is O=C(CCC/C=C\C[C@@H]1[C@@H](/C=C/[C@@H](O)COc2cccc(C(F)(F)F)c2)[C@H](O)C[C@@H]1O)OCONN([O-])N1CCCC1. The maximum absolute atomic E-state index is 12.9. The molecule has 3 rings (SSSR count). The molecule has 0 amide bonds. The zero-order valence-corrected chi connectivity index (χ0v) is 23.2. The number of halogens is 3. The molecule has 1 saturated carbocycles. The Kier molecular flexibility index (Phi) is 13.7. The summed E-state index contributed by atoms with van der Waals surface area (Å²) in [6.45, 7) is 0.593. The van der Waals surface area contributed by atoms with Crippen LogP contribution in [0.3, 0.4) is 0 Å². The van der Waals surface area contributed by atoms with Crippen molar-refractivity contribution < 1.29 is 47.6 Å². The molecule has 1 aromatic carbocycles. The molecule has 0 radical (unpaired) electrons. The highest BCUT2D eigenvalue weighted by molar-refractivity contribution is 5.69. The van der Waals surface area contributed by atoms with E-state index in [0.717, 1.165) is 25.0 Å². The molecule has 5 atom stereocenters. The van der Waals surface area contributed by atoms with Crippen LogP contribution in [0.5, 0.6) is 5.75 Å². The fraction of sp³-hybridized carbons (Fsp3) is 0.607. The summed E-state index contributed by atoms with van der Waals surface area (Å²) in [6.07, 6.45) is 3.27. The zero-order chi connectivity index (χ0) is 30.5. The number of ether oxygens (including phenoxy) is 2. The third kappa shape index (κ3) is 11.3. The highest BCUT2D eigenvalue weighted by Gasteiger charge is 2.39. The van der Waals surface area contributed by atoms with Gasteiger partial charge in [-0.25, -0.2) is 15.1 Å². The van der Waals surface area contributed by atoms with Crippen molar-refractivity contribution in [2.24, 2.45) is 11.8 Å². The molecular formula is C28H39F3N3O8-. The van der Waals surface area contributed by atoms with Crippen molar-refractivity contribution in [3.8, 4) is 5.75 Å². The van der Waals surface area contributed by atoms with E-state index >= 15 is 0 Å². The summed E-state index contributed by atoms with van der Waals surface area (Å²) in [5, 5.41) is 44.7. The number of unbranched alkanes of at least 4 members (excludes halogenated alkanes) is 1. The minimum absolute atomic E-state index is 0.0290. The molecule has 0 spiro atoms. The van der Waals surface area contributed by atoms with Crippen molar-refractivity contribution in [1.29, 1.82) is 0 Å². The summed E-state index contributed by atoms with van der Waals surface area (Å²) < 4.78 is 48.8. The van der Waals surface area contributed by atoms with Gasteiger partial charge in [-0.15, -0.1) is 5.59 Å². The molecule has 1 heterocycles. The predicted octanol–water partition coefficient (Wildman–Crippen LogP) is 3.22. The van der Waals surface area contributed by atoms with Crippen LogP contribution in [0.15, 0.2) is 48.6 Å². The molecular weight excluding hydrogens is 563 g/mol. The first-order valence-corrected chi connectivity index (χ1v) is 14.0. The molecule has 1 aromatic rings. The van der Waals surface area contributed by atoms with Gasteiger partial charge < -0.3 is 30.0 Å². The standard InChI is InChI=1S/C28H39F3N3O8/c29-28(30,31)20-8-7-9-22(16-20)40-18-21(35)12-13-24-23(25(36)17-26(24)37)10-3-1-2-4-11-27(38)41-19-42-32-34(39)33-14-5-6-15-33/h1,3,7-9,12-13,16,21,23-26,32,35-37H,2,4-6,10-11,14-15,17-19H2/q-1/b3-1-,13-12+/t21-,23-,24-,25+,26-/m1/s1. The van der Waals surface area contributed by atoms with Crippen LogP contribution >= 0.6 is 0 Å². The van der Waals surface area contributed by atoms with Crippen molar-refractivity contribution in [3.63, 3.8) is 0 Å². The lowest BCUT2D eigenvalue weighted by atomic mass is 9.89. The third-order valence-electron chi connectivity index (χ3n) is 7.14. The largest absolute Gasteiger partial charge is 0.756 e. The Morgan fingerprint density at radius 2 is 1.98 bits per heavy atom. The van der Waals surface area contributed by atoms with E-state index in [4.69, 9.17) is 14.3 Å². The zero-order valence-electron chi connectivity index (χ0n) is 23.2. The number of alkyl halides is 3. The van der Waals surface area contributed by atoms with Crippen LogP contribution < -0.4 is 10.3 Å². The van der Waals surface area contributed by atoms with Crippen LogP contribution in [0.2, 0.25) is 0 Å². The molecule has 1 aliphatic heterocycles. The average Bonchev–Trinajstić information content (AvgIpc) is 3.58. The molecule has 0 bridgehead atoms. The first-order chi connectivity index (χ1) is 20.0. The quantitative estimate of drug-likeness (QED) is 0.0727. The molecule has 0 unspecified atom stereocenters. The molecule has 2 fully saturated rings. The van der Waals surface area contributed by atoms with Crippen molar-refractivity contribution >= 4 is 5.97 Å². The fourth-order valence-corrected chi connectivity index (χ4v) is 4.89. The van der Waals surface area contributed by atoms with Gasteiger partial charge in [-0.1, -0.05) is 30.4 Å². The Morgan fingerprint density at radius 1 is 1.21 bits per heavy atom. The van der Waals surface area contributed by atoms with Gasteiger partial charge in [0.15, 0.2) is 0 Å². The van der Waals surface area contributed by atoms with Gasteiger partial charge in [-0.05, 0) is 56.2 Å². The normalized spacial score (nSPS) is 24.3. The van der Waals surface area contributed by atoms with Gasteiger partial charge in [0.2, 0.25) is 6.79 Å². The second kappa shape index (κ2) is 16.9. The number of carbonyl (C=O) groups is 1. The predicted molar refractivity (Wildman–Crippen MR) is 144 cm³/mol. The van der Waals surface area contributed by atoms with E-state index in [0.29, 0.717) is 37.6 Å². The number of esters is 1. The van der Waals surface area contributed by atoms with Gasteiger partial charge in [0.05, 0.1) is 17.8 Å². The Balaban J connectivity index is 1.33. The van der Waals surface area contributed by atoms with E-state index in [9.17, 15) is 38.5 Å². The van der Waals surface area contributed by atoms with E-state index in [1.165, 1.54) is 23.2 Å². The van der Waals surface area contributed by atoms with Gasteiger partial charge >= 0.3 is 12.1 Å². The topological polar surface area (TPSA) is 147 Å². The van der Waals surface area contributed by atoms with Gasteiger partial charge in [0.25, 0.3) is 0 Å². The Hall–Kier alpha value is -2.56. The average molecular weight is 603 g/mol. The van der Waals surface area contributed by atoms with Crippen molar-refractivity contribution in [2.45, 2.75) is 69.4 Å². The minimum Gasteiger partial charge on any atom is -0.756 e. The first kappa shape index (κ1) is 33.9. The molecule has 1 saturated heterocycles. The van der Waals surface area contributed by atoms with Gasteiger partial charge in [-0.3, -0.25) is 4.79 Å². The number of nitrogens with one attached hydrogen (secondary N) is 1. The molecule has 0 aromatic heterocycles. The third-order valence-corrected chi connectivity index (χ3v) is 7.14. The van der Waals surface area contributed by atoms with Crippen LogP contribution in [0, 0.1) is 17.0 Å². The van der Waals surface area contributed by atoms with Crippen LogP contribution in [-0.2, 0) is 20.5 Å². The maximum atomic E-state index is 12.9. The molecule has 11 nitrogen and oxygen atoms in total. The van der Waals surface area contributed by atoms with Crippen molar-refractivity contribution in [2.75, 3.05) is 26.5 Å². The summed E-state index contributed by atoms with van der Waals surface area (Å²) in [5.74, 6) is -1.25. The van der Waals surface area contributed by atoms with Crippen molar-refractivity contribution in [3.05, 3.63) is 59.3 Å². The number of rotatable bonds is 16. The highest BCUT2D eigenvalue weighted by Crippen LogP contribution is 2.36. The molecule has 236 valence electrons. The molecule has 14 heteroatoms. The van der Waals surface area contributed by atoms with E-state index in [1.54, 1.807) is 6.08 Å². The van der Waals surface area contributed by atoms with E-state index < -0.39 is 48.7 Å². The van der Waals surface area contributed by atoms with Crippen LogP contribution in [0.1, 0.15) is 50.5 Å². The maximum Gasteiger partial charge on any atom is 0.416 e. The Labute approximate surface area is 242 Å². The number of carbonyl (C=O) groups excluding carboxylic acids is 1. The molecule has 42 heavy (non-hydrogen) atoms. The number of nitrogens with zero attached hydrogens (tertiary/aromatic N) is 2. The summed E-state index contributed by atoms with van der Waals surface area (Å²) >= 11 is 0. The number of allylic oxidation sites excluding steroid dienone is 2. The van der Waals surface area contributed by atoms with Crippen molar-refractivity contribution in [1.82, 2.24) is 15.9 Å². The summed E-state index contributed by atoms with van der Waals surface area (Å²) in [6, 6.07) is 4.35. The van der Waals surface area contributed by atoms with Crippen LogP contribution in [0.25, 0.3) is 0 Å². The van der Waals surface area contributed by atoms with Gasteiger partial charge in [-0.2, -0.15) is 13.2 Å². The summed E-state index contributed by atoms with van der Waals surface area (Å²) in [5.41, 5.74) is 1.30.